The molecule has 1 aliphatic heterocycles. The van der Waals surface area contributed by atoms with E-state index in [1.807, 2.05) is 24.3 Å². The summed E-state index contributed by atoms with van der Waals surface area (Å²) in [6.07, 6.45) is 1.29. The third kappa shape index (κ3) is 2.67. The highest BCUT2D eigenvalue weighted by atomic mass is 32.2. The average molecular weight is 312 g/mol. The van der Waals surface area contributed by atoms with Crippen molar-refractivity contribution in [1.29, 1.82) is 0 Å². The zero-order valence-corrected chi connectivity index (χ0v) is 13.4. The molecule has 2 rings (SSSR count). The van der Waals surface area contributed by atoms with Gasteiger partial charge in [0.15, 0.2) is 0 Å². The predicted molar refractivity (Wildman–Crippen MR) is 86.4 cm³/mol. The number of nitrogens with zero attached hydrogens (tertiary/aromatic N) is 1. The summed E-state index contributed by atoms with van der Waals surface area (Å²) in [6, 6.07) is 7.63. The lowest BCUT2D eigenvalue weighted by Crippen LogP contribution is -2.48. The zero-order chi connectivity index (χ0) is 14.9. The van der Waals surface area contributed by atoms with E-state index in [1.165, 1.54) is 4.31 Å². The Morgan fingerprint density at radius 2 is 2.15 bits per heavy atom. The SMILES string of the molecule is CCC(C(N)=S)S(=O)(=O)N1CC(C)Cc2ccccc21. The van der Waals surface area contributed by atoms with Crippen LogP contribution in [0.4, 0.5) is 5.69 Å². The largest absolute Gasteiger partial charge is 0.392 e. The van der Waals surface area contributed by atoms with E-state index in [0.717, 1.165) is 17.7 Å². The van der Waals surface area contributed by atoms with Gasteiger partial charge >= 0.3 is 0 Å². The van der Waals surface area contributed by atoms with Gasteiger partial charge in [-0.15, -0.1) is 0 Å². The van der Waals surface area contributed by atoms with E-state index in [2.05, 4.69) is 6.92 Å². The molecule has 110 valence electrons. The summed E-state index contributed by atoms with van der Waals surface area (Å²) in [5.74, 6) is 0.281. The molecule has 20 heavy (non-hydrogen) atoms. The van der Waals surface area contributed by atoms with Gasteiger partial charge in [0, 0.05) is 6.54 Å². The average Bonchev–Trinajstić information content (AvgIpc) is 2.37. The molecule has 4 nitrogen and oxygen atoms in total. The predicted octanol–water partition coefficient (Wildman–Crippen LogP) is 2.08. The highest BCUT2D eigenvalue weighted by Crippen LogP contribution is 2.33. The van der Waals surface area contributed by atoms with Crippen molar-refractivity contribution >= 4 is 32.9 Å². The number of benzene rings is 1. The lowest BCUT2D eigenvalue weighted by atomic mass is 9.96. The second-order valence-electron chi connectivity index (χ2n) is 5.31. The molecule has 0 fully saturated rings. The minimum absolute atomic E-state index is 0.0446. The summed E-state index contributed by atoms with van der Waals surface area (Å²) < 4.78 is 27.1. The van der Waals surface area contributed by atoms with Crippen LogP contribution in [0.3, 0.4) is 0 Å². The number of sulfonamides is 1. The lowest BCUT2D eigenvalue weighted by molar-refractivity contribution is 0.541. The first-order chi connectivity index (χ1) is 9.37. The maximum Gasteiger partial charge on any atom is 0.244 e. The van der Waals surface area contributed by atoms with Gasteiger partial charge in [-0.3, -0.25) is 4.31 Å². The molecule has 6 heteroatoms. The monoisotopic (exact) mass is 312 g/mol. The van der Waals surface area contributed by atoms with Crippen molar-refractivity contribution in [3.8, 4) is 0 Å². The first-order valence-electron chi connectivity index (χ1n) is 6.76. The van der Waals surface area contributed by atoms with Crippen LogP contribution in [0, 0.1) is 5.92 Å². The molecule has 2 atom stereocenters. The standard InChI is InChI=1S/C14H20N2O2S2/c1-3-13(14(15)19)20(17,18)16-9-10(2)8-11-6-4-5-7-12(11)16/h4-7,10,13H,3,8-9H2,1-2H3,(H2,15,19). The first kappa shape index (κ1) is 15.3. The van der Waals surface area contributed by atoms with Gasteiger partial charge in [0.1, 0.15) is 5.25 Å². The molecule has 0 aliphatic carbocycles. The Hall–Kier alpha value is -1.14. The molecule has 0 radical (unpaired) electrons. The normalized spacial score (nSPS) is 20.3. The first-order valence-corrected chi connectivity index (χ1v) is 8.67. The van der Waals surface area contributed by atoms with Gasteiger partial charge < -0.3 is 5.73 Å². The van der Waals surface area contributed by atoms with Crippen LogP contribution in [-0.4, -0.2) is 25.2 Å². The summed E-state index contributed by atoms with van der Waals surface area (Å²) in [5.41, 5.74) is 7.45. The summed E-state index contributed by atoms with van der Waals surface area (Å²) >= 11 is 4.93. The number of thiocarbonyl (C=S) groups is 1. The van der Waals surface area contributed by atoms with Crippen molar-refractivity contribution < 1.29 is 8.42 Å². The molecular formula is C14H20N2O2S2. The second kappa shape index (κ2) is 5.69. The molecule has 0 saturated heterocycles. The van der Waals surface area contributed by atoms with Crippen LogP contribution in [0.2, 0.25) is 0 Å². The smallest absolute Gasteiger partial charge is 0.244 e. The van der Waals surface area contributed by atoms with Crippen molar-refractivity contribution in [2.45, 2.75) is 31.9 Å². The van der Waals surface area contributed by atoms with Crippen LogP contribution in [0.1, 0.15) is 25.8 Å². The van der Waals surface area contributed by atoms with Crippen LogP contribution in [0.15, 0.2) is 24.3 Å². The van der Waals surface area contributed by atoms with E-state index in [0.29, 0.717) is 13.0 Å². The Morgan fingerprint density at radius 3 is 2.75 bits per heavy atom. The maximum absolute atomic E-state index is 12.8. The van der Waals surface area contributed by atoms with E-state index in [1.54, 1.807) is 6.92 Å². The third-order valence-electron chi connectivity index (χ3n) is 3.66. The zero-order valence-electron chi connectivity index (χ0n) is 11.7. The summed E-state index contributed by atoms with van der Waals surface area (Å²) in [6.45, 7) is 4.33. The number of fused-ring (bicyclic) bond motifs is 1. The number of rotatable bonds is 4. The molecule has 2 N–H and O–H groups in total. The molecule has 0 spiro atoms. The molecule has 0 amide bonds. The van der Waals surface area contributed by atoms with Crippen molar-refractivity contribution in [2.75, 3.05) is 10.8 Å². The molecule has 2 unspecified atom stereocenters. The van der Waals surface area contributed by atoms with Crippen molar-refractivity contribution in [3.05, 3.63) is 29.8 Å². The highest BCUT2D eigenvalue weighted by molar-refractivity contribution is 7.95. The Kier molecular flexibility index (Phi) is 4.34. The Morgan fingerprint density at radius 1 is 1.50 bits per heavy atom. The maximum atomic E-state index is 12.8. The Bertz CT molecular complexity index is 613. The fourth-order valence-electron chi connectivity index (χ4n) is 2.70. The minimum Gasteiger partial charge on any atom is -0.392 e. The van der Waals surface area contributed by atoms with Crippen LogP contribution in [0.5, 0.6) is 0 Å². The fourth-order valence-corrected chi connectivity index (χ4v) is 5.17. The summed E-state index contributed by atoms with van der Waals surface area (Å²) in [4.78, 5) is 0.0446. The number of hydrogen-bond donors (Lipinski definition) is 1. The van der Waals surface area contributed by atoms with Gasteiger partial charge in [0.25, 0.3) is 0 Å². The van der Waals surface area contributed by atoms with Gasteiger partial charge in [-0.25, -0.2) is 8.42 Å². The topological polar surface area (TPSA) is 63.4 Å². The Balaban J connectivity index is 2.49. The van der Waals surface area contributed by atoms with Gasteiger partial charge in [0.05, 0.1) is 10.7 Å². The molecular weight excluding hydrogens is 292 g/mol. The number of para-hydroxylation sites is 1. The molecule has 1 heterocycles. The van der Waals surface area contributed by atoms with E-state index in [4.69, 9.17) is 18.0 Å². The minimum atomic E-state index is -3.55. The molecule has 0 saturated carbocycles. The molecule has 1 aliphatic rings. The number of nitrogens with two attached hydrogens (primary N) is 1. The van der Waals surface area contributed by atoms with E-state index in [-0.39, 0.29) is 10.9 Å². The summed E-state index contributed by atoms with van der Waals surface area (Å²) in [7, 11) is -3.55. The van der Waals surface area contributed by atoms with Gasteiger partial charge in [-0.2, -0.15) is 0 Å². The van der Waals surface area contributed by atoms with Crippen LogP contribution >= 0.6 is 12.2 Å². The van der Waals surface area contributed by atoms with Crippen LogP contribution < -0.4 is 10.0 Å². The third-order valence-corrected chi connectivity index (χ3v) is 6.36. The van der Waals surface area contributed by atoms with Crippen LogP contribution in [0.25, 0.3) is 0 Å². The summed E-state index contributed by atoms with van der Waals surface area (Å²) in [5, 5.41) is -0.796. The molecule has 1 aromatic rings. The number of hydrogen-bond acceptors (Lipinski definition) is 3. The fraction of sp³-hybridized carbons (Fsp3) is 0.500. The van der Waals surface area contributed by atoms with Gasteiger partial charge in [0.2, 0.25) is 10.0 Å². The van der Waals surface area contributed by atoms with Crippen molar-refractivity contribution in [1.82, 2.24) is 0 Å². The van der Waals surface area contributed by atoms with Crippen LogP contribution in [-0.2, 0) is 16.4 Å². The highest BCUT2D eigenvalue weighted by Gasteiger charge is 2.36. The van der Waals surface area contributed by atoms with E-state index < -0.39 is 15.3 Å². The van der Waals surface area contributed by atoms with E-state index >= 15 is 0 Å². The quantitative estimate of drug-likeness (QED) is 0.865. The molecule has 0 aromatic heterocycles. The molecule has 0 bridgehead atoms. The second-order valence-corrected chi connectivity index (χ2v) is 7.82. The molecule has 1 aromatic carbocycles. The lowest BCUT2D eigenvalue weighted by Gasteiger charge is -2.35. The van der Waals surface area contributed by atoms with Gasteiger partial charge in [-0.05, 0) is 30.4 Å². The number of anilines is 1. The van der Waals surface area contributed by atoms with Crippen molar-refractivity contribution in [3.63, 3.8) is 0 Å². The Labute approximate surface area is 126 Å². The van der Waals surface area contributed by atoms with Crippen molar-refractivity contribution in [2.24, 2.45) is 11.7 Å². The van der Waals surface area contributed by atoms with Gasteiger partial charge in [-0.1, -0.05) is 44.3 Å². The van der Waals surface area contributed by atoms with E-state index in [9.17, 15) is 8.42 Å².